The van der Waals surface area contributed by atoms with Crippen LogP contribution in [0.2, 0.25) is 0 Å². The maximum atomic E-state index is 6.64. The third kappa shape index (κ3) is 5.34. The zero-order valence-electron chi connectivity index (χ0n) is 33.1. The summed E-state index contributed by atoms with van der Waals surface area (Å²) in [6.45, 7) is 4.61. The lowest BCUT2D eigenvalue weighted by atomic mass is 9.82. The minimum absolute atomic E-state index is 0.0998. The zero-order valence-corrected chi connectivity index (χ0v) is 33.1. The monoisotopic (exact) mass is 767 g/mol. The van der Waals surface area contributed by atoms with E-state index in [9.17, 15) is 0 Å². The standard InChI is InChI=1S/C56H37N3O/c1-56(2)48-21-11-10-19-44(48)46-32-38(28-30-49(46)56)53-57-54(59-55(58-53)47-31-37-15-6-7-16-40(37)42-17-8-9-18-43(42)47)39-27-29-45-51(33-39)60-50-22-12-20-41(52(45)50)36-25-23-35(24-26-36)34-13-4-3-5-14-34/h3-33H,1-2H3. The van der Waals surface area contributed by atoms with Crippen LogP contribution in [0.3, 0.4) is 0 Å². The molecule has 1 aliphatic carbocycles. The van der Waals surface area contributed by atoms with Gasteiger partial charge in [-0.2, -0.15) is 0 Å². The summed E-state index contributed by atoms with van der Waals surface area (Å²) in [6.07, 6.45) is 0. The lowest BCUT2D eigenvalue weighted by Gasteiger charge is -2.21. The van der Waals surface area contributed by atoms with Crippen molar-refractivity contribution in [3.8, 4) is 67.5 Å². The molecular formula is C56H37N3O. The van der Waals surface area contributed by atoms with E-state index in [1.54, 1.807) is 0 Å². The van der Waals surface area contributed by atoms with E-state index in [0.29, 0.717) is 17.5 Å². The molecule has 0 saturated heterocycles. The fourth-order valence-electron chi connectivity index (χ4n) is 9.53. The molecule has 9 aromatic carbocycles. The molecule has 0 N–H and O–H groups in total. The first-order valence-corrected chi connectivity index (χ1v) is 20.5. The molecule has 0 unspecified atom stereocenters. The molecule has 0 bridgehead atoms. The Balaban J connectivity index is 1.03. The second-order valence-electron chi connectivity index (χ2n) is 16.4. The van der Waals surface area contributed by atoms with Crippen LogP contribution in [0.15, 0.2) is 192 Å². The number of benzene rings is 9. The molecule has 0 spiro atoms. The Hall–Kier alpha value is -7.69. The van der Waals surface area contributed by atoms with E-state index in [1.165, 1.54) is 44.2 Å². The third-order valence-corrected chi connectivity index (χ3v) is 12.5. The summed E-state index contributed by atoms with van der Waals surface area (Å²) in [5.41, 5.74) is 14.1. The van der Waals surface area contributed by atoms with Crippen LogP contribution in [0.1, 0.15) is 25.0 Å². The van der Waals surface area contributed by atoms with Gasteiger partial charge in [-0.15, -0.1) is 0 Å². The number of aromatic nitrogens is 3. The highest BCUT2D eigenvalue weighted by Crippen LogP contribution is 2.49. The smallest absolute Gasteiger partial charge is 0.164 e. The van der Waals surface area contributed by atoms with Crippen molar-refractivity contribution < 1.29 is 4.42 Å². The van der Waals surface area contributed by atoms with E-state index in [0.717, 1.165) is 60.5 Å². The van der Waals surface area contributed by atoms with E-state index < -0.39 is 0 Å². The van der Waals surface area contributed by atoms with Crippen molar-refractivity contribution in [2.75, 3.05) is 0 Å². The summed E-state index contributed by atoms with van der Waals surface area (Å²) < 4.78 is 6.64. The Morgan fingerprint density at radius 2 is 0.950 bits per heavy atom. The summed E-state index contributed by atoms with van der Waals surface area (Å²) in [4.78, 5) is 15.8. The van der Waals surface area contributed by atoms with Crippen molar-refractivity contribution in [1.29, 1.82) is 0 Å². The highest BCUT2D eigenvalue weighted by molar-refractivity contribution is 6.14. The molecule has 0 amide bonds. The first-order valence-electron chi connectivity index (χ1n) is 20.5. The number of furan rings is 1. The van der Waals surface area contributed by atoms with Crippen molar-refractivity contribution >= 4 is 43.5 Å². The Morgan fingerprint density at radius 1 is 0.350 bits per heavy atom. The molecule has 2 heterocycles. The van der Waals surface area contributed by atoms with Gasteiger partial charge in [-0.3, -0.25) is 0 Å². The zero-order chi connectivity index (χ0) is 40.0. The minimum Gasteiger partial charge on any atom is -0.456 e. The lowest BCUT2D eigenvalue weighted by molar-refractivity contribution is 0.660. The van der Waals surface area contributed by atoms with Crippen molar-refractivity contribution in [2.45, 2.75) is 19.3 Å². The van der Waals surface area contributed by atoms with Gasteiger partial charge in [0, 0.05) is 32.9 Å². The average molecular weight is 768 g/mol. The molecule has 0 saturated carbocycles. The predicted molar refractivity (Wildman–Crippen MR) is 247 cm³/mol. The van der Waals surface area contributed by atoms with Gasteiger partial charge in [0.1, 0.15) is 11.2 Å². The number of nitrogens with zero attached hydrogens (tertiary/aromatic N) is 3. The van der Waals surface area contributed by atoms with Gasteiger partial charge in [0.05, 0.1) is 0 Å². The van der Waals surface area contributed by atoms with Crippen molar-refractivity contribution in [3.63, 3.8) is 0 Å². The summed E-state index contributed by atoms with van der Waals surface area (Å²) in [5.74, 6) is 1.85. The number of fused-ring (bicyclic) bond motifs is 9. The van der Waals surface area contributed by atoms with Crippen LogP contribution in [0.4, 0.5) is 0 Å². The van der Waals surface area contributed by atoms with Crippen molar-refractivity contribution in [2.24, 2.45) is 0 Å². The summed E-state index contributed by atoms with van der Waals surface area (Å²) in [6, 6.07) is 66.6. The van der Waals surface area contributed by atoms with Crippen LogP contribution in [0.25, 0.3) is 111 Å². The molecule has 12 rings (SSSR count). The maximum Gasteiger partial charge on any atom is 0.164 e. The molecule has 1 aliphatic rings. The molecule has 0 aliphatic heterocycles. The Morgan fingerprint density at radius 3 is 1.78 bits per heavy atom. The van der Waals surface area contributed by atoms with Gasteiger partial charge in [-0.05, 0) is 96.4 Å². The molecule has 2 aromatic heterocycles. The van der Waals surface area contributed by atoms with Gasteiger partial charge in [0.2, 0.25) is 0 Å². The number of hydrogen-bond acceptors (Lipinski definition) is 4. The van der Waals surface area contributed by atoms with Crippen LogP contribution in [-0.2, 0) is 5.41 Å². The molecule has 0 atom stereocenters. The van der Waals surface area contributed by atoms with E-state index in [4.69, 9.17) is 19.4 Å². The normalized spacial score (nSPS) is 13.0. The van der Waals surface area contributed by atoms with Gasteiger partial charge in [-0.1, -0.05) is 172 Å². The first kappa shape index (κ1) is 34.4. The number of hydrogen-bond donors (Lipinski definition) is 0. The van der Waals surface area contributed by atoms with Gasteiger partial charge in [-0.25, -0.2) is 15.0 Å². The fourth-order valence-corrected chi connectivity index (χ4v) is 9.53. The molecule has 60 heavy (non-hydrogen) atoms. The molecule has 0 radical (unpaired) electrons. The highest BCUT2D eigenvalue weighted by Gasteiger charge is 2.35. The maximum absolute atomic E-state index is 6.64. The van der Waals surface area contributed by atoms with Gasteiger partial charge in [0.25, 0.3) is 0 Å². The summed E-state index contributed by atoms with van der Waals surface area (Å²) >= 11 is 0. The largest absolute Gasteiger partial charge is 0.456 e. The fraction of sp³-hybridized carbons (Fsp3) is 0.0536. The van der Waals surface area contributed by atoms with E-state index in [1.807, 2.05) is 12.1 Å². The average Bonchev–Trinajstić information content (AvgIpc) is 3.80. The summed E-state index contributed by atoms with van der Waals surface area (Å²) in [7, 11) is 0. The quantitative estimate of drug-likeness (QED) is 0.164. The molecule has 4 heteroatoms. The second kappa shape index (κ2) is 13.2. The Kier molecular flexibility index (Phi) is 7.54. The van der Waals surface area contributed by atoms with Gasteiger partial charge < -0.3 is 4.42 Å². The van der Waals surface area contributed by atoms with Crippen LogP contribution in [0.5, 0.6) is 0 Å². The van der Waals surface area contributed by atoms with E-state index in [2.05, 4.69) is 190 Å². The van der Waals surface area contributed by atoms with Gasteiger partial charge >= 0.3 is 0 Å². The molecule has 4 nitrogen and oxygen atoms in total. The molecule has 11 aromatic rings. The van der Waals surface area contributed by atoms with E-state index >= 15 is 0 Å². The number of rotatable bonds is 5. The van der Waals surface area contributed by atoms with Crippen LogP contribution >= 0.6 is 0 Å². The van der Waals surface area contributed by atoms with Crippen LogP contribution < -0.4 is 0 Å². The third-order valence-electron chi connectivity index (χ3n) is 12.5. The van der Waals surface area contributed by atoms with Gasteiger partial charge in [0.15, 0.2) is 17.5 Å². The molecule has 0 fully saturated rings. The Labute approximate surface area is 347 Å². The predicted octanol–water partition coefficient (Wildman–Crippen LogP) is 14.7. The van der Waals surface area contributed by atoms with Crippen molar-refractivity contribution in [3.05, 3.63) is 199 Å². The van der Waals surface area contributed by atoms with Crippen LogP contribution in [0, 0.1) is 0 Å². The summed E-state index contributed by atoms with van der Waals surface area (Å²) in [5, 5.41) is 6.74. The van der Waals surface area contributed by atoms with Crippen molar-refractivity contribution in [1.82, 2.24) is 15.0 Å². The topological polar surface area (TPSA) is 51.8 Å². The van der Waals surface area contributed by atoms with Crippen LogP contribution in [-0.4, -0.2) is 15.0 Å². The first-order chi connectivity index (χ1) is 29.5. The van der Waals surface area contributed by atoms with E-state index in [-0.39, 0.29) is 5.41 Å². The minimum atomic E-state index is -0.0998. The molecule has 282 valence electrons. The SMILES string of the molecule is CC1(C)c2ccccc2-c2cc(-c3nc(-c4ccc5c(c4)oc4cccc(-c6ccc(-c7ccccc7)cc6)c45)nc(-c4cc5ccccc5c5ccccc45)n3)ccc21. The lowest BCUT2D eigenvalue weighted by Crippen LogP contribution is -2.14. The Bertz CT molecular complexity index is 3510. The molecular weight excluding hydrogens is 731 g/mol. The second-order valence-corrected chi connectivity index (χ2v) is 16.4. The highest BCUT2D eigenvalue weighted by atomic mass is 16.3.